The van der Waals surface area contributed by atoms with Crippen molar-refractivity contribution >= 4 is 22.4 Å². The van der Waals surface area contributed by atoms with E-state index in [0.717, 1.165) is 10.8 Å². The Bertz CT molecular complexity index is 392. The highest BCUT2D eigenvalue weighted by atomic mass is 32.1. The normalized spacial score (nSPS) is 11.4. The Morgan fingerprint density at radius 2 is 2.00 bits per heavy atom. The van der Waals surface area contributed by atoms with Crippen LogP contribution in [0.4, 0.5) is 5.13 Å². The standard InChI is InChI=1S/C10H18N4OS/c1-10(2,3)7-6(8(15)13-11)16-9(12-7)14(4)5/h11H2,1-5H3,(H,13,15). The third-order valence-electron chi connectivity index (χ3n) is 2.05. The lowest BCUT2D eigenvalue weighted by Gasteiger charge is -2.16. The summed E-state index contributed by atoms with van der Waals surface area (Å²) in [7, 11) is 3.80. The minimum Gasteiger partial charge on any atom is -0.354 e. The van der Waals surface area contributed by atoms with Gasteiger partial charge in [0.25, 0.3) is 5.91 Å². The van der Waals surface area contributed by atoms with Gasteiger partial charge in [-0.25, -0.2) is 10.8 Å². The van der Waals surface area contributed by atoms with Gasteiger partial charge in [-0.3, -0.25) is 10.2 Å². The number of carbonyl (C=O) groups excluding carboxylic acids is 1. The first kappa shape index (κ1) is 12.9. The van der Waals surface area contributed by atoms with E-state index < -0.39 is 0 Å². The number of aromatic nitrogens is 1. The van der Waals surface area contributed by atoms with Gasteiger partial charge in [0.05, 0.1) is 5.69 Å². The summed E-state index contributed by atoms with van der Waals surface area (Å²) in [6.45, 7) is 6.07. The highest BCUT2D eigenvalue weighted by Gasteiger charge is 2.27. The Labute approximate surface area is 99.6 Å². The van der Waals surface area contributed by atoms with E-state index in [4.69, 9.17) is 5.84 Å². The van der Waals surface area contributed by atoms with Crippen LogP contribution in [-0.2, 0) is 5.41 Å². The number of nitrogens with zero attached hydrogens (tertiary/aromatic N) is 2. The van der Waals surface area contributed by atoms with Crippen LogP contribution in [0.3, 0.4) is 0 Å². The molecular weight excluding hydrogens is 224 g/mol. The minimum absolute atomic E-state index is 0.174. The van der Waals surface area contributed by atoms with Crippen LogP contribution in [0.2, 0.25) is 0 Å². The molecule has 6 heteroatoms. The Balaban J connectivity index is 3.29. The lowest BCUT2D eigenvalue weighted by Crippen LogP contribution is -2.31. The third kappa shape index (κ3) is 2.51. The van der Waals surface area contributed by atoms with Crippen LogP contribution in [0.5, 0.6) is 0 Å². The molecule has 5 nitrogen and oxygen atoms in total. The van der Waals surface area contributed by atoms with Gasteiger partial charge in [0, 0.05) is 19.5 Å². The Kier molecular flexibility index (Phi) is 3.54. The van der Waals surface area contributed by atoms with E-state index in [2.05, 4.69) is 10.4 Å². The van der Waals surface area contributed by atoms with Gasteiger partial charge in [-0.2, -0.15) is 0 Å². The van der Waals surface area contributed by atoms with Crippen LogP contribution in [0.1, 0.15) is 36.1 Å². The van der Waals surface area contributed by atoms with Gasteiger partial charge in [0.1, 0.15) is 4.88 Å². The molecule has 0 saturated heterocycles. The molecule has 0 saturated carbocycles. The number of nitrogen functional groups attached to an aromatic ring is 1. The summed E-state index contributed by atoms with van der Waals surface area (Å²) >= 11 is 1.35. The van der Waals surface area contributed by atoms with Crippen molar-refractivity contribution in [2.24, 2.45) is 5.84 Å². The van der Waals surface area contributed by atoms with Crippen molar-refractivity contribution < 1.29 is 4.79 Å². The summed E-state index contributed by atoms with van der Waals surface area (Å²) in [6.07, 6.45) is 0. The number of hydrazine groups is 1. The molecule has 0 aliphatic heterocycles. The molecule has 0 aliphatic rings. The zero-order chi connectivity index (χ0) is 12.5. The molecule has 0 aliphatic carbocycles. The summed E-state index contributed by atoms with van der Waals surface area (Å²) in [5.41, 5.74) is 2.77. The van der Waals surface area contributed by atoms with Crippen molar-refractivity contribution in [1.29, 1.82) is 0 Å². The molecular formula is C10H18N4OS. The van der Waals surface area contributed by atoms with Crippen molar-refractivity contribution in [3.8, 4) is 0 Å². The molecule has 1 aromatic heterocycles. The molecule has 3 N–H and O–H groups in total. The zero-order valence-corrected chi connectivity index (χ0v) is 11.1. The first-order chi connectivity index (χ1) is 7.27. The van der Waals surface area contributed by atoms with Crippen LogP contribution >= 0.6 is 11.3 Å². The van der Waals surface area contributed by atoms with Crippen molar-refractivity contribution in [2.45, 2.75) is 26.2 Å². The molecule has 0 bridgehead atoms. The predicted octanol–water partition coefficient (Wildman–Crippen LogP) is 1.11. The molecule has 0 spiro atoms. The van der Waals surface area contributed by atoms with E-state index in [-0.39, 0.29) is 11.3 Å². The maximum Gasteiger partial charge on any atom is 0.277 e. The van der Waals surface area contributed by atoms with Crippen molar-refractivity contribution in [2.75, 3.05) is 19.0 Å². The fourth-order valence-electron chi connectivity index (χ4n) is 1.23. The van der Waals surface area contributed by atoms with Gasteiger partial charge < -0.3 is 4.90 Å². The molecule has 1 aromatic rings. The number of amides is 1. The Morgan fingerprint density at radius 1 is 1.44 bits per heavy atom. The summed E-state index contributed by atoms with van der Waals surface area (Å²) in [5, 5.41) is 0.809. The summed E-state index contributed by atoms with van der Waals surface area (Å²) in [6, 6.07) is 0. The van der Waals surface area contributed by atoms with Gasteiger partial charge in [-0.1, -0.05) is 32.1 Å². The van der Waals surface area contributed by atoms with Gasteiger partial charge in [-0.05, 0) is 0 Å². The Morgan fingerprint density at radius 3 is 2.38 bits per heavy atom. The second-order valence-electron chi connectivity index (χ2n) is 4.79. The number of nitrogens with one attached hydrogen (secondary N) is 1. The summed E-state index contributed by atoms with van der Waals surface area (Å²) in [4.78, 5) is 18.6. The molecule has 90 valence electrons. The molecule has 0 atom stereocenters. The van der Waals surface area contributed by atoms with Crippen LogP contribution in [-0.4, -0.2) is 25.0 Å². The fourth-order valence-corrected chi connectivity index (χ4v) is 2.33. The maximum atomic E-state index is 11.6. The maximum absolute atomic E-state index is 11.6. The van der Waals surface area contributed by atoms with Gasteiger partial charge in [0.2, 0.25) is 0 Å². The minimum atomic E-state index is -0.282. The number of thiazole rings is 1. The first-order valence-electron chi connectivity index (χ1n) is 4.97. The van der Waals surface area contributed by atoms with E-state index in [1.807, 2.05) is 39.8 Å². The number of hydrogen-bond acceptors (Lipinski definition) is 5. The molecule has 1 amide bonds. The number of rotatable bonds is 2. The van der Waals surface area contributed by atoms with Crippen LogP contribution in [0.25, 0.3) is 0 Å². The molecule has 0 radical (unpaired) electrons. The van der Waals surface area contributed by atoms with Crippen molar-refractivity contribution in [3.05, 3.63) is 10.6 Å². The van der Waals surface area contributed by atoms with Gasteiger partial charge >= 0.3 is 0 Å². The van der Waals surface area contributed by atoms with Gasteiger partial charge in [-0.15, -0.1) is 0 Å². The predicted molar refractivity (Wildman–Crippen MR) is 66.8 cm³/mol. The summed E-state index contributed by atoms with van der Waals surface area (Å²) in [5.74, 6) is 4.89. The zero-order valence-electron chi connectivity index (χ0n) is 10.3. The van der Waals surface area contributed by atoms with Crippen molar-refractivity contribution in [3.63, 3.8) is 0 Å². The fraction of sp³-hybridized carbons (Fsp3) is 0.600. The molecule has 0 aromatic carbocycles. The number of carbonyl (C=O) groups is 1. The van der Waals surface area contributed by atoms with Crippen LogP contribution in [0, 0.1) is 0 Å². The molecule has 0 unspecified atom stereocenters. The van der Waals surface area contributed by atoms with E-state index in [9.17, 15) is 4.79 Å². The second kappa shape index (κ2) is 4.39. The van der Waals surface area contributed by atoms with Gasteiger partial charge in [0.15, 0.2) is 5.13 Å². The average Bonchev–Trinajstić information content (AvgIpc) is 2.60. The summed E-state index contributed by atoms with van der Waals surface area (Å²) < 4.78 is 0. The second-order valence-corrected chi connectivity index (χ2v) is 5.77. The monoisotopic (exact) mass is 242 g/mol. The molecule has 16 heavy (non-hydrogen) atoms. The van der Waals surface area contributed by atoms with E-state index in [1.165, 1.54) is 11.3 Å². The lowest BCUT2D eigenvalue weighted by atomic mass is 9.91. The van der Waals surface area contributed by atoms with Crippen LogP contribution < -0.4 is 16.2 Å². The third-order valence-corrected chi connectivity index (χ3v) is 3.27. The highest BCUT2D eigenvalue weighted by Crippen LogP contribution is 2.32. The average molecular weight is 242 g/mol. The topological polar surface area (TPSA) is 71.2 Å². The van der Waals surface area contributed by atoms with Crippen LogP contribution in [0.15, 0.2) is 0 Å². The molecule has 1 rings (SSSR count). The smallest absolute Gasteiger partial charge is 0.277 e. The lowest BCUT2D eigenvalue weighted by molar-refractivity contribution is 0.0955. The van der Waals surface area contributed by atoms with E-state index in [0.29, 0.717) is 4.88 Å². The molecule has 0 fully saturated rings. The van der Waals surface area contributed by atoms with E-state index >= 15 is 0 Å². The largest absolute Gasteiger partial charge is 0.354 e. The molecule has 1 heterocycles. The Hall–Kier alpha value is -1.14. The first-order valence-corrected chi connectivity index (χ1v) is 5.78. The number of anilines is 1. The SMILES string of the molecule is CN(C)c1nc(C(C)(C)C)c(C(=O)NN)s1. The highest BCUT2D eigenvalue weighted by molar-refractivity contribution is 7.17. The number of nitrogens with two attached hydrogens (primary N) is 1. The van der Waals surface area contributed by atoms with Crippen molar-refractivity contribution in [1.82, 2.24) is 10.4 Å². The number of hydrogen-bond donors (Lipinski definition) is 2. The quantitative estimate of drug-likeness (QED) is 0.463. The van der Waals surface area contributed by atoms with E-state index in [1.54, 1.807) is 0 Å².